The molecule has 1 aliphatic rings. The highest BCUT2D eigenvalue weighted by Crippen LogP contribution is 2.46. The second-order valence-corrected chi connectivity index (χ2v) is 8.14. The summed E-state index contributed by atoms with van der Waals surface area (Å²) in [6.07, 6.45) is 6.36. The topological polar surface area (TPSA) is 67.4 Å². The summed E-state index contributed by atoms with van der Waals surface area (Å²) < 4.78 is 34.0. The fourth-order valence-electron chi connectivity index (χ4n) is 3.92. The summed E-state index contributed by atoms with van der Waals surface area (Å²) in [4.78, 5) is 0. The van der Waals surface area contributed by atoms with Crippen molar-refractivity contribution in [3.8, 4) is 28.7 Å². The molecular formula is C29H41NO6. The van der Waals surface area contributed by atoms with Crippen molar-refractivity contribution in [3.05, 3.63) is 66.8 Å². The van der Waals surface area contributed by atoms with Gasteiger partial charge in [-0.25, -0.2) is 0 Å². The molecule has 3 rings (SSSR count). The average molecular weight is 500 g/mol. The predicted molar refractivity (Wildman–Crippen MR) is 144 cm³/mol. The highest BCUT2D eigenvalue weighted by molar-refractivity contribution is 5.54. The van der Waals surface area contributed by atoms with Crippen LogP contribution >= 0.6 is 0 Å². The quantitative estimate of drug-likeness (QED) is 0.266. The van der Waals surface area contributed by atoms with E-state index in [-0.39, 0.29) is 12.2 Å². The van der Waals surface area contributed by atoms with E-state index >= 15 is 0 Å². The van der Waals surface area contributed by atoms with E-state index < -0.39 is 0 Å². The van der Waals surface area contributed by atoms with E-state index in [1.807, 2.05) is 36.4 Å². The zero-order chi connectivity index (χ0) is 26.3. The molecule has 0 bridgehead atoms. The zero-order valence-corrected chi connectivity index (χ0v) is 22.3. The monoisotopic (exact) mass is 499 g/mol. The van der Waals surface area contributed by atoms with Crippen molar-refractivity contribution >= 4 is 0 Å². The molecule has 1 heterocycles. The van der Waals surface area contributed by atoms with Gasteiger partial charge in [0.2, 0.25) is 5.75 Å². The Hall–Kier alpha value is -3.16. The molecule has 0 radical (unpaired) electrons. The molecule has 7 heteroatoms. The third kappa shape index (κ3) is 7.93. The Kier molecular flexibility index (Phi) is 12.7. The molecule has 198 valence electrons. The van der Waals surface area contributed by atoms with Crippen molar-refractivity contribution in [1.82, 2.24) is 5.32 Å². The molecule has 2 atom stereocenters. The van der Waals surface area contributed by atoms with E-state index in [1.165, 1.54) is 0 Å². The van der Waals surface area contributed by atoms with E-state index in [0.29, 0.717) is 23.9 Å². The van der Waals surface area contributed by atoms with E-state index in [9.17, 15) is 0 Å². The van der Waals surface area contributed by atoms with Crippen LogP contribution in [0.5, 0.6) is 28.7 Å². The van der Waals surface area contributed by atoms with Crippen molar-refractivity contribution in [3.63, 3.8) is 0 Å². The van der Waals surface area contributed by atoms with Gasteiger partial charge in [-0.1, -0.05) is 25.1 Å². The maximum absolute atomic E-state index is 6.38. The van der Waals surface area contributed by atoms with Crippen LogP contribution in [0.15, 0.2) is 55.6 Å². The van der Waals surface area contributed by atoms with Gasteiger partial charge < -0.3 is 33.7 Å². The van der Waals surface area contributed by atoms with E-state index in [1.54, 1.807) is 28.4 Å². The molecule has 2 aromatic rings. The second-order valence-electron chi connectivity index (χ2n) is 8.14. The third-order valence-corrected chi connectivity index (χ3v) is 5.68. The van der Waals surface area contributed by atoms with Gasteiger partial charge in [0.15, 0.2) is 23.0 Å². The first-order valence-electron chi connectivity index (χ1n) is 12.2. The van der Waals surface area contributed by atoms with Gasteiger partial charge in [0.05, 0.1) is 47.3 Å². The number of hydrogen-bond acceptors (Lipinski definition) is 7. The summed E-state index contributed by atoms with van der Waals surface area (Å²) >= 11 is 0. The maximum atomic E-state index is 6.38. The van der Waals surface area contributed by atoms with Gasteiger partial charge in [-0.2, -0.15) is 0 Å². The minimum Gasteiger partial charge on any atom is -0.493 e. The Labute approximate surface area is 216 Å². The molecule has 0 saturated carbocycles. The Balaban J connectivity index is 0.000000572. The number of benzene rings is 2. The smallest absolute Gasteiger partial charge is 0.203 e. The fourth-order valence-corrected chi connectivity index (χ4v) is 3.92. The first kappa shape index (κ1) is 29.1. The van der Waals surface area contributed by atoms with Crippen LogP contribution in [0.2, 0.25) is 0 Å². The number of rotatable bonds is 13. The van der Waals surface area contributed by atoms with Crippen LogP contribution in [0.4, 0.5) is 0 Å². The Morgan fingerprint density at radius 1 is 0.806 bits per heavy atom. The first-order valence-corrected chi connectivity index (χ1v) is 12.2. The summed E-state index contributed by atoms with van der Waals surface area (Å²) in [6, 6.07) is 9.93. The Morgan fingerprint density at radius 3 is 1.86 bits per heavy atom. The molecule has 36 heavy (non-hydrogen) atoms. The van der Waals surface area contributed by atoms with Gasteiger partial charge in [-0.05, 0) is 54.7 Å². The normalized spacial score (nSPS) is 16.4. The van der Waals surface area contributed by atoms with Gasteiger partial charge in [0, 0.05) is 13.1 Å². The first-order chi connectivity index (χ1) is 17.6. The third-order valence-electron chi connectivity index (χ3n) is 5.68. The molecule has 1 N–H and O–H groups in total. The highest BCUT2D eigenvalue weighted by Gasteiger charge is 2.30. The minimum atomic E-state index is -0.0456. The molecule has 1 saturated heterocycles. The molecule has 1 fully saturated rings. The fraction of sp³-hybridized carbons (Fsp3) is 0.448. The van der Waals surface area contributed by atoms with Gasteiger partial charge in [0.25, 0.3) is 0 Å². The lowest BCUT2D eigenvalue weighted by Crippen LogP contribution is -2.11. The van der Waals surface area contributed by atoms with Crippen LogP contribution in [0.3, 0.4) is 0 Å². The van der Waals surface area contributed by atoms with E-state index in [0.717, 1.165) is 55.0 Å². The van der Waals surface area contributed by atoms with Crippen molar-refractivity contribution in [2.45, 2.75) is 38.4 Å². The maximum Gasteiger partial charge on any atom is 0.203 e. The lowest BCUT2D eigenvalue weighted by molar-refractivity contribution is 0.0436. The van der Waals surface area contributed by atoms with Crippen LogP contribution in [0.1, 0.15) is 49.5 Å². The largest absolute Gasteiger partial charge is 0.493 e. The molecule has 1 aliphatic heterocycles. The number of ether oxygens (including phenoxy) is 6. The van der Waals surface area contributed by atoms with Gasteiger partial charge >= 0.3 is 0 Å². The van der Waals surface area contributed by atoms with Crippen molar-refractivity contribution in [2.75, 3.05) is 48.1 Å². The standard InChI is InChI=1S/C23H30O6.C6H11N/c1-6-11-28-19-8-7-15(12-20(19)24-2)17-9-10-18(29-17)16-13-21(25-3)23(27-5)22(14-16)26-4;1-3-5-7-6-4-2/h7-8,12-14,17-18H,6,9-11H2,1-5H3;3-4,7H,1-2,5-6H2. The van der Waals surface area contributed by atoms with Crippen LogP contribution in [0, 0.1) is 0 Å². The number of hydrogen-bond donors (Lipinski definition) is 1. The molecule has 0 spiro atoms. The molecule has 0 aromatic heterocycles. The molecular weight excluding hydrogens is 458 g/mol. The molecule has 0 aliphatic carbocycles. The van der Waals surface area contributed by atoms with Crippen LogP contribution in [-0.4, -0.2) is 48.1 Å². The Bertz CT molecular complexity index is 928. The zero-order valence-electron chi connectivity index (χ0n) is 22.3. The summed E-state index contributed by atoms with van der Waals surface area (Å²) in [5.74, 6) is 3.34. The lowest BCUT2D eigenvalue weighted by Gasteiger charge is -2.19. The average Bonchev–Trinajstić information content (AvgIpc) is 3.42. The molecule has 0 amide bonds. The number of methoxy groups -OCH3 is 4. The predicted octanol–water partition coefficient (Wildman–Crippen LogP) is 6.05. The highest BCUT2D eigenvalue weighted by atomic mass is 16.5. The molecule has 2 unspecified atom stereocenters. The molecule has 7 nitrogen and oxygen atoms in total. The van der Waals surface area contributed by atoms with E-state index in [4.69, 9.17) is 28.4 Å². The summed E-state index contributed by atoms with van der Waals surface area (Å²) in [5.41, 5.74) is 2.09. The summed E-state index contributed by atoms with van der Waals surface area (Å²) in [6.45, 7) is 11.6. The van der Waals surface area contributed by atoms with Crippen LogP contribution in [0.25, 0.3) is 0 Å². The molecule has 2 aromatic carbocycles. The van der Waals surface area contributed by atoms with Crippen molar-refractivity contribution in [2.24, 2.45) is 0 Å². The number of nitrogens with one attached hydrogen (secondary N) is 1. The van der Waals surface area contributed by atoms with Crippen LogP contribution < -0.4 is 29.0 Å². The van der Waals surface area contributed by atoms with E-state index in [2.05, 4.69) is 31.5 Å². The summed E-state index contributed by atoms with van der Waals surface area (Å²) in [7, 11) is 6.50. The van der Waals surface area contributed by atoms with Gasteiger partial charge in [-0.15, -0.1) is 13.2 Å². The van der Waals surface area contributed by atoms with Gasteiger partial charge in [0.1, 0.15) is 0 Å². The van der Waals surface area contributed by atoms with Crippen molar-refractivity contribution < 1.29 is 28.4 Å². The Morgan fingerprint density at radius 2 is 1.36 bits per heavy atom. The second kappa shape index (κ2) is 15.8. The SMILES string of the molecule is C=CCNCC=C.CCCOc1ccc(C2CCC(c3cc(OC)c(OC)c(OC)c3)O2)cc1OC. The van der Waals surface area contributed by atoms with Crippen molar-refractivity contribution in [1.29, 1.82) is 0 Å². The summed E-state index contributed by atoms with van der Waals surface area (Å²) in [5, 5.41) is 3.05. The van der Waals surface area contributed by atoms with Gasteiger partial charge in [-0.3, -0.25) is 0 Å². The lowest BCUT2D eigenvalue weighted by atomic mass is 10.0. The van der Waals surface area contributed by atoms with Crippen LogP contribution in [-0.2, 0) is 4.74 Å². The minimum absolute atomic E-state index is 0.00628.